The average Bonchev–Trinajstić information content (AvgIpc) is 2.65. The van der Waals surface area contributed by atoms with Crippen LogP contribution in [0, 0.1) is 5.82 Å². The Balaban J connectivity index is 2.11. The van der Waals surface area contributed by atoms with E-state index in [1.54, 1.807) is 18.2 Å². The lowest BCUT2D eigenvalue weighted by Crippen LogP contribution is -2.30. The summed E-state index contributed by atoms with van der Waals surface area (Å²) in [6.45, 7) is -3.16. The van der Waals surface area contributed by atoms with E-state index in [0.29, 0.717) is 23.1 Å². The number of alkyl halides is 2. The molecule has 2 aromatic carbocycles. The van der Waals surface area contributed by atoms with Crippen LogP contribution in [-0.4, -0.2) is 33.8 Å². The second-order valence-corrected chi connectivity index (χ2v) is 5.22. The van der Waals surface area contributed by atoms with Gasteiger partial charge in [-0.3, -0.25) is 4.99 Å². The molecule has 0 aliphatic rings. The van der Waals surface area contributed by atoms with E-state index >= 15 is 0 Å². The van der Waals surface area contributed by atoms with E-state index in [0.717, 1.165) is 0 Å². The maximum Gasteiger partial charge on any atom is 0.387 e. The minimum atomic E-state index is -3.05. The summed E-state index contributed by atoms with van der Waals surface area (Å²) in [6.07, 6.45) is 0. The van der Waals surface area contributed by atoms with E-state index in [9.17, 15) is 13.2 Å². The Morgan fingerprint density at radius 3 is 2.44 bits per heavy atom. The van der Waals surface area contributed by atoms with Gasteiger partial charge in [-0.25, -0.2) is 4.39 Å². The van der Waals surface area contributed by atoms with Crippen LogP contribution >= 0.6 is 0 Å². The molecule has 0 amide bonds. The van der Waals surface area contributed by atoms with Crippen molar-refractivity contribution < 1.29 is 27.4 Å². The van der Waals surface area contributed by atoms with Gasteiger partial charge in [0.05, 0.1) is 14.2 Å². The van der Waals surface area contributed by atoms with Crippen LogP contribution in [0.15, 0.2) is 41.4 Å². The van der Waals surface area contributed by atoms with Gasteiger partial charge in [-0.15, -0.1) is 0 Å². The van der Waals surface area contributed by atoms with Crippen molar-refractivity contribution in [2.24, 2.45) is 4.99 Å². The van der Waals surface area contributed by atoms with Crippen LogP contribution in [0.4, 0.5) is 18.9 Å². The summed E-state index contributed by atoms with van der Waals surface area (Å²) in [4.78, 5) is 4.03. The number of nitrogens with zero attached hydrogens (tertiary/aromatic N) is 1. The first-order valence-corrected chi connectivity index (χ1v) is 7.90. The number of nitrogens with one attached hydrogen (secondary N) is 2. The Labute approximate surface area is 155 Å². The van der Waals surface area contributed by atoms with E-state index in [1.807, 2.05) is 0 Å². The molecular weight excluding hydrogens is 363 g/mol. The van der Waals surface area contributed by atoms with Crippen molar-refractivity contribution in [3.05, 3.63) is 47.8 Å². The second kappa shape index (κ2) is 9.56. The monoisotopic (exact) mass is 383 g/mol. The lowest BCUT2D eigenvalue weighted by atomic mass is 10.2. The van der Waals surface area contributed by atoms with Crippen molar-refractivity contribution in [3.8, 4) is 17.2 Å². The van der Waals surface area contributed by atoms with Gasteiger partial charge in [0.25, 0.3) is 0 Å². The number of aliphatic imine (C=N–C) groups is 1. The van der Waals surface area contributed by atoms with E-state index in [1.165, 1.54) is 39.5 Å². The number of guanidine groups is 1. The smallest absolute Gasteiger partial charge is 0.387 e. The molecule has 27 heavy (non-hydrogen) atoms. The number of anilines is 1. The Morgan fingerprint density at radius 2 is 1.81 bits per heavy atom. The normalized spacial score (nSPS) is 11.3. The van der Waals surface area contributed by atoms with E-state index < -0.39 is 12.4 Å². The molecule has 6 nitrogen and oxygen atoms in total. The largest absolute Gasteiger partial charge is 0.493 e. The maximum atomic E-state index is 14.0. The summed E-state index contributed by atoms with van der Waals surface area (Å²) in [7, 11) is 4.56. The van der Waals surface area contributed by atoms with Gasteiger partial charge in [0.2, 0.25) is 0 Å². The zero-order valence-electron chi connectivity index (χ0n) is 15.1. The predicted octanol–water partition coefficient (Wildman–Crippen LogP) is 3.63. The van der Waals surface area contributed by atoms with Gasteiger partial charge < -0.3 is 24.8 Å². The molecule has 0 spiro atoms. The zero-order valence-corrected chi connectivity index (χ0v) is 15.1. The SMILES string of the molecule is CN=C(NCc1c(F)cccc1OC(F)F)Nc1ccc(OC)c(OC)c1. The van der Waals surface area contributed by atoms with Gasteiger partial charge in [0.1, 0.15) is 11.6 Å². The molecule has 0 aliphatic carbocycles. The molecule has 0 fully saturated rings. The lowest BCUT2D eigenvalue weighted by Gasteiger charge is -2.16. The highest BCUT2D eigenvalue weighted by atomic mass is 19.3. The quantitative estimate of drug-likeness (QED) is 0.565. The minimum Gasteiger partial charge on any atom is -0.493 e. The van der Waals surface area contributed by atoms with Crippen LogP contribution in [-0.2, 0) is 6.54 Å². The molecule has 0 aromatic heterocycles. The highest BCUT2D eigenvalue weighted by molar-refractivity contribution is 5.93. The van der Waals surface area contributed by atoms with Crippen molar-refractivity contribution in [3.63, 3.8) is 0 Å². The van der Waals surface area contributed by atoms with Crippen LogP contribution < -0.4 is 24.8 Å². The second-order valence-electron chi connectivity index (χ2n) is 5.22. The molecule has 0 saturated heterocycles. The third kappa shape index (κ3) is 5.44. The third-order valence-corrected chi connectivity index (χ3v) is 3.59. The van der Waals surface area contributed by atoms with Gasteiger partial charge in [-0.05, 0) is 24.3 Å². The highest BCUT2D eigenvalue weighted by Crippen LogP contribution is 2.29. The van der Waals surface area contributed by atoms with Crippen molar-refractivity contribution in [2.75, 3.05) is 26.6 Å². The number of halogens is 3. The molecular formula is C18H20F3N3O3. The molecule has 2 aromatic rings. The lowest BCUT2D eigenvalue weighted by molar-refractivity contribution is -0.0506. The van der Waals surface area contributed by atoms with Crippen molar-refractivity contribution >= 4 is 11.6 Å². The summed E-state index contributed by atoms with van der Waals surface area (Å²) < 4.78 is 53.8. The van der Waals surface area contributed by atoms with Gasteiger partial charge in [-0.2, -0.15) is 8.78 Å². The standard InChI is InChI=1S/C18H20F3N3O3/c1-22-18(24-11-7-8-15(25-2)16(9-11)26-3)23-10-12-13(19)5-4-6-14(12)27-17(20)21/h4-9,17H,10H2,1-3H3,(H2,22,23,24). The summed E-state index contributed by atoms with van der Waals surface area (Å²) in [5.41, 5.74) is 0.603. The number of hydrogen-bond donors (Lipinski definition) is 2. The topological polar surface area (TPSA) is 64.1 Å². The number of ether oxygens (including phenoxy) is 3. The predicted molar refractivity (Wildman–Crippen MR) is 96.4 cm³/mol. The number of hydrogen-bond acceptors (Lipinski definition) is 4. The van der Waals surface area contributed by atoms with Crippen molar-refractivity contribution in [1.82, 2.24) is 5.32 Å². The van der Waals surface area contributed by atoms with Crippen LogP contribution in [0.5, 0.6) is 17.2 Å². The summed E-state index contributed by atoms with van der Waals surface area (Å²) >= 11 is 0. The average molecular weight is 383 g/mol. The van der Waals surface area contributed by atoms with Crippen LogP contribution in [0.2, 0.25) is 0 Å². The fraction of sp³-hybridized carbons (Fsp3) is 0.278. The fourth-order valence-corrected chi connectivity index (χ4v) is 2.32. The molecule has 2 N–H and O–H groups in total. The van der Waals surface area contributed by atoms with Crippen LogP contribution in [0.3, 0.4) is 0 Å². The van der Waals surface area contributed by atoms with E-state index in [-0.39, 0.29) is 17.9 Å². The van der Waals surface area contributed by atoms with Gasteiger partial charge in [0.15, 0.2) is 17.5 Å². The zero-order chi connectivity index (χ0) is 19.8. The number of benzene rings is 2. The molecule has 9 heteroatoms. The van der Waals surface area contributed by atoms with Gasteiger partial charge >= 0.3 is 6.61 Å². The number of rotatable bonds is 7. The van der Waals surface area contributed by atoms with Gasteiger partial charge in [-0.1, -0.05) is 6.07 Å². The Bertz CT molecular complexity index is 801. The Hall–Kier alpha value is -3.10. The molecule has 0 bridgehead atoms. The molecule has 2 rings (SSSR count). The van der Waals surface area contributed by atoms with Gasteiger partial charge in [0, 0.05) is 30.9 Å². The maximum absolute atomic E-state index is 14.0. The molecule has 0 atom stereocenters. The Morgan fingerprint density at radius 1 is 1.07 bits per heavy atom. The van der Waals surface area contributed by atoms with Crippen LogP contribution in [0.1, 0.15) is 5.56 Å². The molecule has 0 heterocycles. The van der Waals surface area contributed by atoms with E-state index in [2.05, 4.69) is 20.4 Å². The number of methoxy groups -OCH3 is 2. The fourth-order valence-electron chi connectivity index (χ4n) is 2.32. The van der Waals surface area contributed by atoms with Crippen molar-refractivity contribution in [1.29, 1.82) is 0 Å². The molecule has 0 unspecified atom stereocenters. The summed E-state index contributed by atoms with van der Waals surface area (Å²) in [6, 6.07) is 8.88. The van der Waals surface area contributed by atoms with Crippen LogP contribution in [0.25, 0.3) is 0 Å². The first kappa shape index (κ1) is 20.2. The van der Waals surface area contributed by atoms with Crippen molar-refractivity contribution in [2.45, 2.75) is 13.2 Å². The Kier molecular flexibility index (Phi) is 7.16. The first-order chi connectivity index (χ1) is 13.0. The summed E-state index contributed by atoms with van der Waals surface area (Å²) in [5.74, 6) is 0.473. The van der Waals surface area contributed by atoms with E-state index in [4.69, 9.17) is 9.47 Å². The third-order valence-electron chi connectivity index (χ3n) is 3.59. The minimum absolute atomic E-state index is 0.0342. The molecule has 0 aliphatic heterocycles. The molecule has 0 radical (unpaired) electrons. The first-order valence-electron chi connectivity index (χ1n) is 7.90. The molecule has 0 saturated carbocycles. The highest BCUT2D eigenvalue weighted by Gasteiger charge is 2.14. The molecule has 146 valence electrons. The summed E-state index contributed by atoms with van der Waals surface area (Å²) in [5, 5.41) is 5.85.